The largest absolute Gasteiger partial charge is 0.462 e. The molecule has 112 valence electrons. The molecule has 0 aliphatic carbocycles. The lowest BCUT2D eigenvalue weighted by atomic mass is 10.1. The molecule has 0 bridgehead atoms. The van der Waals surface area contributed by atoms with Crippen molar-refractivity contribution in [1.82, 2.24) is 0 Å². The minimum atomic E-state index is -0.681. The van der Waals surface area contributed by atoms with E-state index >= 15 is 0 Å². The van der Waals surface area contributed by atoms with Crippen molar-refractivity contribution >= 4 is 44.9 Å². The van der Waals surface area contributed by atoms with E-state index in [1.807, 2.05) is 24.3 Å². The van der Waals surface area contributed by atoms with Gasteiger partial charge >= 0.3 is 5.97 Å². The predicted molar refractivity (Wildman–Crippen MR) is 85.9 cm³/mol. The average Bonchev–Trinajstić information content (AvgIpc) is 2.83. The number of fused-ring (bicyclic) bond motifs is 1. The zero-order chi connectivity index (χ0) is 16.1. The normalized spacial score (nSPS) is 11.1. The van der Waals surface area contributed by atoms with Gasteiger partial charge in [0.2, 0.25) is 0 Å². The van der Waals surface area contributed by atoms with Gasteiger partial charge in [0.15, 0.2) is 5.78 Å². The number of hydrogen-bond acceptors (Lipinski definition) is 5. The van der Waals surface area contributed by atoms with Gasteiger partial charge in [-0.3, -0.25) is 4.79 Å². The Morgan fingerprint density at radius 2 is 2.14 bits per heavy atom. The Kier molecular flexibility index (Phi) is 4.93. The number of carbonyl (C=O) groups excluding carboxylic acids is 2. The minimum absolute atomic E-state index is 0.0669. The third-order valence-corrected chi connectivity index (χ3v) is 4.00. The zero-order valence-corrected chi connectivity index (χ0v) is 12.9. The molecule has 0 aliphatic rings. The molecule has 0 spiro atoms. The maximum absolute atomic E-state index is 11.9. The maximum atomic E-state index is 11.9. The Bertz CT molecular complexity index is 817. The average molecular weight is 315 g/mol. The van der Waals surface area contributed by atoms with Gasteiger partial charge in [-0.15, -0.1) is 11.3 Å². The number of esters is 1. The fraction of sp³-hybridized carbons (Fsp3) is 0.200. The molecule has 22 heavy (non-hydrogen) atoms. The quantitative estimate of drug-likeness (QED) is 0.156. The molecule has 0 amide bonds. The van der Waals surface area contributed by atoms with Gasteiger partial charge in [0, 0.05) is 19.9 Å². The summed E-state index contributed by atoms with van der Waals surface area (Å²) in [6.45, 7) is 3.14. The number of ether oxygens (including phenoxy) is 1. The number of nitrogens with zero attached hydrogens (tertiary/aromatic N) is 3. The third kappa shape index (κ3) is 3.16. The number of rotatable bonds is 5. The second-order valence-corrected chi connectivity index (χ2v) is 5.42. The molecule has 1 aromatic heterocycles. The number of ketones is 1. The molecule has 6 nitrogen and oxygen atoms in total. The van der Waals surface area contributed by atoms with Crippen molar-refractivity contribution in [1.29, 1.82) is 0 Å². The van der Waals surface area contributed by atoms with Crippen molar-refractivity contribution in [2.75, 3.05) is 6.61 Å². The van der Waals surface area contributed by atoms with Crippen LogP contribution in [0.25, 0.3) is 26.6 Å². The van der Waals surface area contributed by atoms with Gasteiger partial charge in [0.05, 0.1) is 12.3 Å². The summed E-state index contributed by atoms with van der Waals surface area (Å²) in [6.07, 6.45) is 1.43. The van der Waals surface area contributed by atoms with Crippen LogP contribution in [0, 0.1) is 0 Å². The fourth-order valence-corrected chi connectivity index (χ4v) is 3.02. The predicted octanol–water partition coefficient (Wildman–Crippen LogP) is 4.38. The second-order valence-electron chi connectivity index (χ2n) is 4.34. The van der Waals surface area contributed by atoms with Crippen molar-refractivity contribution in [2.45, 2.75) is 13.8 Å². The van der Waals surface area contributed by atoms with E-state index in [0.29, 0.717) is 10.6 Å². The monoisotopic (exact) mass is 315 g/mol. The number of hydrogen-bond donors (Lipinski definition) is 0. The van der Waals surface area contributed by atoms with Crippen LogP contribution in [0.1, 0.15) is 18.7 Å². The van der Waals surface area contributed by atoms with Crippen molar-refractivity contribution in [2.24, 2.45) is 5.11 Å². The SMILES string of the molecule is CCOC(=O)/C(=C/c1sc2ccccc2c1N=[N+]=[N-])C(C)=O. The fourth-order valence-electron chi connectivity index (χ4n) is 1.94. The van der Waals surface area contributed by atoms with E-state index in [1.54, 1.807) is 6.92 Å². The van der Waals surface area contributed by atoms with Crippen LogP contribution < -0.4 is 0 Å². The molecule has 0 saturated carbocycles. The minimum Gasteiger partial charge on any atom is -0.462 e. The second kappa shape index (κ2) is 6.89. The van der Waals surface area contributed by atoms with E-state index in [1.165, 1.54) is 24.3 Å². The molecule has 0 radical (unpaired) electrons. The van der Waals surface area contributed by atoms with E-state index in [0.717, 1.165) is 10.1 Å². The molecule has 2 rings (SSSR count). The first-order valence-corrected chi connectivity index (χ1v) is 7.36. The number of azide groups is 1. The van der Waals surface area contributed by atoms with E-state index in [9.17, 15) is 9.59 Å². The molecule has 0 N–H and O–H groups in total. The summed E-state index contributed by atoms with van der Waals surface area (Å²) in [6, 6.07) is 7.40. The first kappa shape index (κ1) is 15.8. The molecule has 0 unspecified atom stereocenters. The highest BCUT2D eigenvalue weighted by Crippen LogP contribution is 2.39. The maximum Gasteiger partial charge on any atom is 0.341 e. The van der Waals surface area contributed by atoms with Crippen LogP contribution >= 0.6 is 11.3 Å². The van der Waals surface area contributed by atoms with E-state index < -0.39 is 11.8 Å². The molecule has 7 heteroatoms. The standard InChI is InChI=1S/C15H13N3O3S/c1-3-21-15(20)11(9(2)19)8-13-14(17-18-16)10-6-4-5-7-12(10)22-13/h4-8H,3H2,1-2H3/b11-8+. The number of Topliss-reactive ketones (excluding diaryl/α,β-unsaturated/α-hetero) is 1. The highest BCUT2D eigenvalue weighted by atomic mass is 32.1. The van der Waals surface area contributed by atoms with Crippen LogP contribution in [0.15, 0.2) is 35.0 Å². The Hall–Kier alpha value is -2.63. The molecule has 0 saturated heterocycles. The number of carbonyl (C=O) groups is 2. The Morgan fingerprint density at radius 1 is 1.41 bits per heavy atom. The van der Waals surface area contributed by atoms with Crippen molar-refractivity contribution in [3.8, 4) is 0 Å². The Morgan fingerprint density at radius 3 is 2.77 bits per heavy atom. The van der Waals surface area contributed by atoms with Crippen molar-refractivity contribution in [3.63, 3.8) is 0 Å². The van der Waals surface area contributed by atoms with Gasteiger partial charge in [-0.05, 0) is 31.5 Å². The summed E-state index contributed by atoms with van der Waals surface area (Å²) in [5, 5.41) is 4.48. The molecule has 2 aromatic rings. The summed E-state index contributed by atoms with van der Waals surface area (Å²) in [4.78, 5) is 26.9. The lowest BCUT2D eigenvalue weighted by Crippen LogP contribution is -2.13. The van der Waals surface area contributed by atoms with Gasteiger partial charge < -0.3 is 4.74 Å². The molecule has 1 aromatic carbocycles. The molecular formula is C15H13N3O3S. The lowest BCUT2D eigenvalue weighted by Gasteiger charge is -2.03. The van der Waals surface area contributed by atoms with Crippen LogP contribution in [-0.2, 0) is 14.3 Å². The van der Waals surface area contributed by atoms with E-state index in [4.69, 9.17) is 10.3 Å². The third-order valence-electron chi connectivity index (χ3n) is 2.89. The molecular weight excluding hydrogens is 302 g/mol. The van der Waals surface area contributed by atoms with Crippen molar-refractivity contribution < 1.29 is 14.3 Å². The van der Waals surface area contributed by atoms with Crippen LogP contribution in [0.2, 0.25) is 0 Å². The molecule has 1 heterocycles. The summed E-state index contributed by atoms with van der Waals surface area (Å²) in [5.41, 5.74) is 9.08. The Balaban J connectivity index is 2.64. The van der Waals surface area contributed by atoms with Gasteiger partial charge in [0.1, 0.15) is 5.57 Å². The summed E-state index contributed by atoms with van der Waals surface area (Å²) in [5.74, 6) is -1.08. The van der Waals surface area contributed by atoms with Crippen LogP contribution in [0.3, 0.4) is 0 Å². The summed E-state index contributed by atoms with van der Waals surface area (Å²) in [7, 11) is 0. The van der Waals surface area contributed by atoms with Crippen LogP contribution in [0.5, 0.6) is 0 Å². The molecule has 0 aliphatic heterocycles. The molecule has 0 fully saturated rings. The molecule has 0 atom stereocenters. The van der Waals surface area contributed by atoms with Gasteiger partial charge in [-0.1, -0.05) is 23.3 Å². The topological polar surface area (TPSA) is 92.1 Å². The summed E-state index contributed by atoms with van der Waals surface area (Å²) < 4.78 is 5.79. The number of benzene rings is 1. The lowest BCUT2D eigenvalue weighted by molar-refractivity contribution is -0.139. The zero-order valence-electron chi connectivity index (χ0n) is 12.1. The van der Waals surface area contributed by atoms with Crippen molar-refractivity contribution in [3.05, 3.63) is 45.2 Å². The van der Waals surface area contributed by atoms with Gasteiger partial charge in [-0.25, -0.2) is 4.79 Å². The highest BCUT2D eigenvalue weighted by molar-refractivity contribution is 7.20. The van der Waals surface area contributed by atoms with Crippen LogP contribution in [0.4, 0.5) is 5.69 Å². The first-order chi connectivity index (χ1) is 10.6. The van der Waals surface area contributed by atoms with Crippen LogP contribution in [-0.4, -0.2) is 18.4 Å². The summed E-state index contributed by atoms with van der Waals surface area (Å²) >= 11 is 1.34. The first-order valence-electron chi connectivity index (χ1n) is 6.54. The van der Waals surface area contributed by atoms with Gasteiger partial charge in [0.25, 0.3) is 0 Å². The van der Waals surface area contributed by atoms with Gasteiger partial charge in [-0.2, -0.15) is 0 Å². The smallest absolute Gasteiger partial charge is 0.341 e. The van der Waals surface area contributed by atoms with E-state index in [-0.39, 0.29) is 12.2 Å². The number of thiophene rings is 1. The highest BCUT2D eigenvalue weighted by Gasteiger charge is 2.18. The van der Waals surface area contributed by atoms with E-state index in [2.05, 4.69) is 10.0 Å². The Labute approximate surface area is 130 Å².